The van der Waals surface area contributed by atoms with Crippen molar-refractivity contribution < 1.29 is 4.52 Å². The second-order valence-electron chi connectivity index (χ2n) is 7.89. The van der Waals surface area contributed by atoms with Crippen LogP contribution in [0.3, 0.4) is 0 Å². The van der Waals surface area contributed by atoms with Gasteiger partial charge in [-0.1, -0.05) is 66.2 Å². The highest BCUT2D eigenvalue weighted by Gasteiger charge is 2.15. The molecule has 1 saturated carbocycles. The van der Waals surface area contributed by atoms with Crippen molar-refractivity contribution in [1.29, 1.82) is 0 Å². The van der Waals surface area contributed by atoms with Crippen LogP contribution < -0.4 is 10.5 Å². The third-order valence-corrected chi connectivity index (χ3v) is 5.15. The Bertz CT molecular complexity index is 643. The number of rotatable bonds is 4. The Kier molecular flexibility index (Phi) is 7.97. The first-order valence-corrected chi connectivity index (χ1v) is 10.2. The van der Waals surface area contributed by atoms with Crippen molar-refractivity contribution in [2.24, 2.45) is 5.92 Å². The molecule has 1 fully saturated rings. The quantitative estimate of drug-likeness (QED) is 0.712. The highest BCUT2D eigenvalue weighted by Crippen LogP contribution is 2.25. The summed E-state index contributed by atoms with van der Waals surface area (Å²) >= 11 is 1.88. The molecule has 3 N–H and O–H groups in total. The van der Waals surface area contributed by atoms with Gasteiger partial charge in [-0.2, -0.15) is 4.98 Å². The standard InChI is InChI=1S/C11H23NS.C9H9N3O/c1-11(2,3)13-12-9-10-7-5-4-6-8-10;1-6-2-4-7(5-3-6)8-11-9(10)13-12-8/h10,12H,4-9H2,1-3H3;2-5H,1H3,(H2,10,11,12). The van der Waals surface area contributed by atoms with Crippen molar-refractivity contribution in [3.05, 3.63) is 29.8 Å². The van der Waals surface area contributed by atoms with Crippen molar-refractivity contribution in [1.82, 2.24) is 14.9 Å². The molecule has 0 spiro atoms. The van der Waals surface area contributed by atoms with Gasteiger partial charge in [-0.3, -0.25) is 4.72 Å². The molecule has 0 aliphatic heterocycles. The number of aryl methyl sites for hydroxylation is 1. The van der Waals surface area contributed by atoms with Crippen LogP contribution >= 0.6 is 11.9 Å². The Morgan fingerprint density at radius 2 is 1.81 bits per heavy atom. The molecule has 0 unspecified atom stereocenters. The van der Waals surface area contributed by atoms with E-state index in [4.69, 9.17) is 5.73 Å². The summed E-state index contributed by atoms with van der Waals surface area (Å²) in [6.45, 7) is 10.00. The normalized spacial score (nSPS) is 15.4. The minimum Gasteiger partial charge on any atom is -0.351 e. The fourth-order valence-corrected chi connectivity index (χ4v) is 3.57. The van der Waals surface area contributed by atoms with Crippen LogP contribution in [0, 0.1) is 12.8 Å². The molecule has 1 heterocycles. The van der Waals surface area contributed by atoms with Crippen LogP contribution in [-0.4, -0.2) is 21.4 Å². The number of nitrogens with two attached hydrogens (primary N) is 1. The molecule has 5 nitrogen and oxygen atoms in total. The van der Waals surface area contributed by atoms with Crippen molar-refractivity contribution in [3.8, 4) is 11.4 Å². The lowest BCUT2D eigenvalue weighted by Crippen LogP contribution is -2.24. The number of aromatic nitrogens is 2. The van der Waals surface area contributed by atoms with Gasteiger partial charge in [0.05, 0.1) is 0 Å². The van der Waals surface area contributed by atoms with Gasteiger partial charge in [0.1, 0.15) is 0 Å². The van der Waals surface area contributed by atoms with Gasteiger partial charge in [0, 0.05) is 16.9 Å². The number of nitrogens with zero attached hydrogens (tertiary/aromatic N) is 2. The number of hydrogen-bond acceptors (Lipinski definition) is 6. The summed E-state index contributed by atoms with van der Waals surface area (Å²) in [5, 5.41) is 3.70. The van der Waals surface area contributed by atoms with E-state index in [2.05, 4.69) is 40.2 Å². The maximum atomic E-state index is 5.31. The molecular formula is C20H32N4OS. The highest BCUT2D eigenvalue weighted by molar-refractivity contribution is 7.98. The fraction of sp³-hybridized carbons (Fsp3) is 0.600. The van der Waals surface area contributed by atoms with Gasteiger partial charge in [0.25, 0.3) is 0 Å². The zero-order valence-electron chi connectivity index (χ0n) is 16.4. The summed E-state index contributed by atoms with van der Waals surface area (Å²) in [5.41, 5.74) is 7.41. The predicted octanol–water partition coefficient (Wildman–Crippen LogP) is 5.23. The summed E-state index contributed by atoms with van der Waals surface area (Å²) in [4.78, 5) is 3.91. The largest absolute Gasteiger partial charge is 0.351 e. The van der Waals surface area contributed by atoms with Crippen LogP contribution in [0.25, 0.3) is 11.4 Å². The van der Waals surface area contributed by atoms with Gasteiger partial charge < -0.3 is 10.3 Å². The van der Waals surface area contributed by atoms with Crippen LogP contribution in [0.5, 0.6) is 0 Å². The van der Waals surface area contributed by atoms with E-state index in [1.807, 2.05) is 43.1 Å². The van der Waals surface area contributed by atoms with E-state index in [0.717, 1.165) is 11.5 Å². The Labute approximate surface area is 161 Å². The smallest absolute Gasteiger partial charge is 0.319 e. The topological polar surface area (TPSA) is 77.0 Å². The average molecular weight is 377 g/mol. The van der Waals surface area contributed by atoms with E-state index in [1.54, 1.807) is 0 Å². The Morgan fingerprint density at radius 3 is 2.35 bits per heavy atom. The molecule has 0 amide bonds. The number of hydrogen-bond donors (Lipinski definition) is 2. The van der Waals surface area contributed by atoms with Crippen LogP contribution in [0.15, 0.2) is 28.8 Å². The predicted molar refractivity (Wildman–Crippen MR) is 111 cm³/mol. The molecule has 0 radical (unpaired) electrons. The molecule has 3 rings (SSSR count). The Balaban J connectivity index is 0.000000187. The molecule has 1 aromatic carbocycles. The molecule has 1 aliphatic carbocycles. The number of anilines is 1. The maximum Gasteiger partial charge on any atom is 0.319 e. The van der Waals surface area contributed by atoms with Gasteiger partial charge in [0.2, 0.25) is 5.82 Å². The van der Waals surface area contributed by atoms with Crippen molar-refractivity contribution in [2.45, 2.75) is 64.5 Å². The Morgan fingerprint density at radius 1 is 1.15 bits per heavy atom. The summed E-state index contributed by atoms with van der Waals surface area (Å²) in [6, 6.07) is 7.93. The maximum absolute atomic E-state index is 5.31. The fourth-order valence-electron chi connectivity index (χ4n) is 2.82. The van der Waals surface area contributed by atoms with Crippen molar-refractivity contribution in [2.75, 3.05) is 12.3 Å². The molecule has 0 atom stereocenters. The summed E-state index contributed by atoms with van der Waals surface area (Å²) < 4.78 is 8.53. The van der Waals surface area contributed by atoms with E-state index < -0.39 is 0 Å². The molecule has 2 aromatic rings. The van der Waals surface area contributed by atoms with E-state index in [9.17, 15) is 0 Å². The lowest BCUT2D eigenvalue weighted by atomic mass is 9.90. The molecule has 1 aromatic heterocycles. The van der Waals surface area contributed by atoms with E-state index in [0.29, 0.717) is 10.6 Å². The first kappa shape index (κ1) is 20.8. The van der Waals surface area contributed by atoms with Gasteiger partial charge in [-0.05, 0) is 46.5 Å². The number of nitrogens with one attached hydrogen (secondary N) is 1. The van der Waals surface area contributed by atoms with Crippen LogP contribution in [0.2, 0.25) is 0 Å². The lowest BCUT2D eigenvalue weighted by Gasteiger charge is -2.24. The minimum atomic E-state index is 0.0931. The van der Waals surface area contributed by atoms with Gasteiger partial charge in [-0.15, -0.1) is 0 Å². The summed E-state index contributed by atoms with van der Waals surface area (Å²) in [5.74, 6) is 1.47. The summed E-state index contributed by atoms with van der Waals surface area (Å²) in [7, 11) is 0. The highest BCUT2D eigenvalue weighted by atomic mass is 32.2. The van der Waals surface area contributed by atoms with Crippen molar-refractivity contribution >= 4 is 18.0 Å². The third kappa shape index (κ3) is 7.79. The Hall–Kier alpha value is -1.53. The first-order valence-electron chi connectivity index (χ1n) is 9.40. The molecule has 144 valence electrons. The second-order valence-corrected chi connectivity index (χ2v) is 9.61. The van der Waals surface area contributed by atoms with Crippen LogP contribution in [-0.2, 0) is 0 Å². The molecule has 6 heteroatoms. The van der Waals surface area contributed by atoms with Crippen LogP contribution in [0.1, 0.15) is 58.4 Å². The zero-order valence-corrected chi connectivity index (χ0v) is 17.2. The zero-order chi connectivity index (χ0) is 19.0. The number of benzene rings is 1. The van der Waals surface area contributed by atoms with E-state index in [1.165, 1.54) is 44.2 Å². The average Bonchev–Trinajstić information content (AvgIpc) is 3.02. The minimum absolute atomic E-state index is 0.0931. The van der Waals surface area contributed by atoms with Gasteiger partial charge >= 0.3 is 6.01 Å². The molecule has 1 aliphatic rings. The summed E-state index contributed by atoms with van der Waals surface area (Å²) in [6.07, 6.45) is 7.25. The van der Waals surface area contributed by atoms with E-state index in [-0.39, 0.29) is 6.01 Å². The lowest BCUT2D eigenvalue weighted by molar-refractivity contribution is 0.360. The molecular weight excluding hydrogens is 344 g/mol. The molecule has 26 heavy (non-hydrogen) atoms. The first-order chi connectivity index (χ1) is 12.3. The van der Waals surface area contributed by atoms with Gasteiger partial charge in [-0.25, -0.2) is 0 Å². The molecule has 0 saturated heterocycles. The van der Waals surface area contributed by atoms with Crippen LogP contribution in [0.4, 0.5) is 6.01 Å². The monoisotopic (exact) mass is 376 g/mol. The SMILES string of the molecule is CC(C)(C)SNCC1CCCCC1.Cc1ccc(-c2noc(N)n2)cc1. The van der Waals surface area contributed by atoms with Gasteiger partial charge in [0.15, 0.2) is 0 Å². The second kappa shape index (κ2) is 9.97. The third-order valence-electron chi connectivity index (χ3n) is 4.23. The molecule has 0 bridgehead atoms. The van der Waals surface area contributed by atoms with E-state index >= 15 is 0 Å². The number of nitrogen functional groups attached to an aromatic ring is 1. The van der Waals surface area contributed by atoms with Crippen molar-refractivity contribution in [3.63, 3.8) is 0 Å².